The molecule has 0 bridgehead atoms. The van der Waals surface area contributed by atoms with E-state index in [0.29, 0.717) is 13.0 Å². The van der Waals surface area contributed by atoms with Crippen LogP contribution in [0.15, 0.2) is 66.5 Å². The smallest absolute Gasteiger partial charge is 0.261 e. The third-order valence-corrected chi connectivity index (χ3v) is 4.01. The predicted molar refractivity (Wildman–Crippen MR) is 100 cm³/mol. The van der Waals surface area contributed by atoms with E-state index in [1.165, 1.54) is 0 Å². The predicted octanol–water partition coefficient (Wildman–Crippen LogP) is 3.21. The molecular weight excluding hydrogens is 326 g/mol. The second kappa shape index (κ2) is 7.95. The lowest BCUT2D eigenvalue weighted by atomic mass is 10.0. The molecule has 0 aliphatic heterocycles. The summed E-state index contributed by atoms with van der Waals surface area (Å²) in [6.07, 6.45) is 5.64. The van der Waals surface area contributed by atoms with E-state index in [0.717, 1.165) is 21.9 Å². The molecule has 1 heterocycles. The maximum Gasteiger partial charge on any atom is 0.261 e. The minimum Gasteiger partial charge on any atom is -0.508 e. The fraction of sp³-hybridized carbons (Fsp3) is 0.0952. The average molecular weight is 343 g/mol. The van der Waals surface area contributed by atoms with Crippen LogP contribution in [0.1, 0.15) is 11.1 Å². The van der Waals surface area contributed by atoms with Crippen molar-refractivity contribution in [2.24, 2.45) is 0 Å². The number of nitriles is 1. The third-order valence-electron chi connectivity index (χ3n) is 4.01. The van der Waals surface area contributed by atoms with E-state index in [4.69, 9.17) is 0 Å². The summed E-state index contributed by atoms with van der Waals surface area (Å²) in [5, 5.41) is 23.3. The van der Waals surface area contributed by atoms with Crippen LogP contribution < -0.4 is 5.32 Å². The molecule has 0 atom stereocenters. The van der Waals surface area contributed by atoms with Gasteiger partial charge >= 0.3 is 0 Å². The number of hydrogen-bond donors (Lipinski definition) is 2. The lowest BCUT2D eigenvalue weighted by Crippen LogP contribution is -2.26. The van der Waals surface area contributed by atoms with Crippen LogP contribution in [0.5, 0.6) is 5.75 Å². The number of aromatic nitrogens is 1. The lowest BCUT2D eigenvalue weighted by Gasteiger charge is -2.06. The van der Waals surface area contributed by atoms with Crippen molar-refractivity contribution < 1.29 is 9.90 Å². The first-order valence-electron chi connectivity index (χ1n) is 8.18. The fourth-order valence-corrected chi connectivity index (χ4v) is 2.66. The number of phenolic OH excluding ortho intramolecular Hbond substituents is 1. The van der Waals surface area contributed by atoms with E-state index in [1.807, 2.05) is 30.3 Å². The fourth-order valence-electron chi connectivity index (χ4n) is 2.66. The standard InChI is InChI=1S/C21H17N3O2/c22-13-18(12-16-2-1-3-17-14-23-10-9-20(16)17)21(26)24-11-8-15-4-6-19(25)7-5-15/h1-7,9-10,12,14,25H,8,11H2,(H,24,26). The highest BCUT2D eigenvalue weighted by Gasteiger charge is 2.09. The number of carbonyl (C=O) groups is 1. The van der Waals surface area contributed by atoms with Crippen LogP contribution in [0, 0.1) is 11.3 Å². The van der Waals surface area contributed by atoms with Gasteiger partial charge in [0.2, 0.25) is 0 Å². The van der Waals surface area contributed by atoms with Gasteiger partial charge in [-0.1, -0.05) is 30.3 Å². The van der Waals surface area contributed by atoms with Gasteiger partial charge in [0.1, 0.15) is 17.4 Å². The van der Waals surface area contributed by atoms with Crippen LogP contribution in [0.25, 0.3) is 16.8 Å². The van der Waals surface area contributed by atoms with Gasteiger partial charge in [-0.25, -0.2) is 0 Å². The quantitative estimate of drug-likeness (QED) is 0.550. The van der Waals surface area contributed by atoms with Gasteiger partial charge in [-0.15, -0.1) is 0 Å². The van der Waals surface area contributed by atoms with Gasteiger partial charge in [-0.05, 0) is 47.2 Å². The summed E-state index contributed by atoms with van der Waals surface area (Å²) in [5.41, 5.74) is 1.85. The van der Waals surface area contributed by atoms with Gasteiger partial charge < -0.3 is 10.4 Å². The zero-order chi connectivity index (χ0) is 18.4. The van der Waals surface area contributed by atoms with Crippen molar-refractivity contribution >= 4 is 22.8 Å². The number of nitrogens with zero attached hydrogens (tertiary/aromatic N) is 2. The van der Waals surface area contributed by atoms with Gasteiger partial charge in [-0.3, -0.25) is 9.78 Å². The molecule has 1 aromatic heterocycles. The Morgan fingerprint density at radius 1 is 1.19 bits per heavy atom. The number of amides is 1. The van der Waals surface area contributed by atoms with E-state index < -0.39 is 5.91 Å². The number of benzene rings is 2. The summed E-state index contributed by atoms with van der Waals surface area (Å²) >= 11 is 0. The van der Waals surface area contributed by atoms with Crippen molar-refractivity contribution in [1.29, 1.82) is 5.26 Å². The zero-order valence-electron chi connectivity index (χ0n) is 14.0. The highest BCUT2D eigenvalue weighted by Crippen LogP contribution is 2.20. The maximum absolute atomic E-state index is 12.3. The molecule has 5 nitrogen and oxygen atoms in total. The lowest BCUT2D eigenvalue weighted by molar-refractivity contribution is -0.117. The molecular formula is C21H17N3O2. The maximum atomic E-state index is 12.3. The molecule has 0 saturated carbocycles. The topological polar surface area (TPSA) is 86.0 Å². The number of rotatable bonds is 5. The minimum absolute atomic E-state index is 0.0556. The molecule has 0 spiro atoms. The number of phenols is 1. The Morgan fingerprint density at radius 3 is 2.77 bits per heavy atom. The van der Waals surface area contributed by atoms with Crippen molar-refractivity contribution in [3.8, 4) is 11.8 Å². The number of aromatic hydroxyl groups is 1. The van der Waals surface area contributed by atoms with E-state index in [-0.39, 0.29) is 11.3 Å². The molecule has 1 amide bonds. The third kappa shape index (κ3) is 4.05. The Kier molecular flexibility index (Phi) is 5.25. The van der Waals surface area contributed by atoms with E-state index in [9.17, 15) is 15.2 Å². The van der Waals surface area contributed by atoms with Gasteiger partial charge in [0.15, 0.2) is 0 Å². The first-order chi connectivity index (χ1) is 12.7. The number of pyridine rings is 1. The molecule has 2 aromatic carbocycles. The molecule has 0 aliphatic rings. The first kappa shape index (κ1) is 17.2. The molecule has 0 aliphatic carbocycles. The van der Waals surface area contributed by atoms with Crippen molar-refractivity contribution in [2.45, 2.75) is 6.42 Å². The highest BCUT2D eigenvalue weighted by atomic mass is 16.3. The summed E-state index contributed by atoms with van der Waals surface area (Å²) in [5.74, 6) is -0.199. The summed E-state index contributed by atoms with van der Waals surface area (Å²) in [6.45, 7) is 0.405. The molecule has 3 rings (SSSR count). The Hall–Kier alpha value is -3.65. The van der Waals surface area contributed by atoms with E-state index in [2.05, 4.69) is 10.3 Å². The second-order valence-corrected chi connectivity index (χ2v) is 5.79. The summed E-state index contributed by atoms with van der Waals surface area (Å²) < 4.78 is 0. The van der Waals surface area contributed by atoms with Gasteiger partial charge in [0.05, 0.1) is 0 Å². The SMILES string of the molecule is N#CC(=Cc1cccc2cnccc12)C(=O)NCCc1ccc(O)cc1. The van der Waals surface area contributed by atoms with Gasteiger partial charge in [0.25, 0.3) is 5.91 Å². The van der Waals surface area contributed by atoms with Gasteiger partial charge in [0, 0.05) is 24.3 Å². The van der Waals surface area contributed by atoms with Crippen LogP contribution in [-0.4, -0.2) is 22.5 Å². The molecule has 5 heteroatoms. The molecule has 0 radical (unpaired) electrons. The van der Waals surface area contributed by atoms with Crippen molar-refractivity contribution in [3.63, 3.8) is 0 Å². The van der Waals surface area contributed by atoms with Crippen LogP contribution >= 0.6 is 0 Å². The van der Waals surface area contributed by atoms with Crippen molar-refractivity contribution in [2.75, 3.05) is 6.54 Å². The summed E-state index contributed by atoms with van der Waals surface area (Å²) in [7, 11) is 0. The van der Waals surface area contributed by atoms with Crippen molar-refractivity contribution in [3.05, 3.63) is 77.6 Å². The van der Waals surface area contributed by atoms with Crippen LogP contribution in [0.2, 0.25) is 0 Å². The number of hydrogen-bond acceptors (Lipinski definition) is 4. The molecule has 0 fully saturated rings. The molecule has 3 aromatic rings. The summed E-state index contributed by atoms with van der Waals surface area (Å²) in [6, 6.07) is 16.3. The van der Waals surface area contributed by atoms with Crippen molar-refractivity contribution in [1.82, 2.24) is 10.3 Å². The molecule has 26 heavy (non-hydrogen) atoms. The van der Waals surface area contributed by atoms with Gasteiger partial charge in [-0.2, -0.15) is 5.26 Å². The molecule has 0 unspecified atom stereocenters. The normalized spacial score (nSPS) is 11.1. The molecule has 2 N–H and O–H groups in total. The van der Waals surface area contributed by atoms with Crippen LogP contribution in [0.3, 0.4) is 0 Å². The Morgan fingerprint density at radius 2 is 2.00 bits per heavy atom. The number of fused-ring (bicyclic) bond motifs is 1. The molecule has 0 saturated heterocycles. The monoisotopic (exact) mass is 343 g/mol. The van der Waals surface area contributed by atoms with E-state index >= 15 is 0 Å². The first-order valence-corrected chi connectivity index (χ1v) is 8.18. The van der Waals surface area contributed by atoms with Crippen LogP contribution in [0.4, 0.5) is 0 Å². The molecule has 128 valence electrons. The Labute approximate surface area is 151 Å². The Balaban J connectivity index is 1.71. The van der Waals surface area contributed by atoms with Crippen LogP contribution in [-0.2, 0) is 11.2 Å². The highest BCUT2D eigenvalue weighted by molar-refractivity contribution is 6.04. The zero-order valence-corrected chi connectivity index (χ0v) is 14.0. The Bertz CT molecular complexity index is 996. The largest absolute Gasteiger partial charge is 0.508 e. The second-order valence-electron chi connectivity index (χ2n) is 5.79. The number of carbonyl (C=O) groups excluding carboxylic acids is 1. The minimum atomic E-state index is -0.405. The average Bonchev–Trinajstić information content (AvgIpc) is 2.67. The number of nitrogens with one attached hydrogen (secondary N) is 1. The summed E-state index contributed by atoms with van der Waals surface area (Å²) in [4.78, 5) is 16.4. The van der Waals surface area contributed by atoms with E-state index in [1.54, 1.807) is 42.7 Å².